The maximum absolute atomic E-state index is 14.7. The molecule has 0 spiro atoms. The first kappa shape index (κ1) is 20.9. The summed E-state index contributed by atoms with van der Waals surface area (Å²) in [6.45, 7) is 5.58. The van der Waals surface area contributed by atoms with Crippen LogP contribution in [0.25, 0.3) is 5.69 Å². The van der Waals surface area contributed by atoms with Crippen LogP contribution < -0.4 is 5.32 Å². The van der Waals surface area contributed by atoms with Gasteiger partial charge in [0.25, 0.3) is 5.91 Å². The predicted octanol–water partition coefficient (Wildman–Crippen LogP) is 5.47. The molecule has 0 aliphatic carbocycles. The maximum Gasteiger partial charge on any atom is 0.256 e. The monoisotopic (exact) mass is 436 g/mol. The lowest BCUT2D eigenvalue weighted by Crippen LogP contribution is -2.13. The second-order valence-corrected chi connectivity index (χ2v) is 8.20. The van der Waals surface area contributed by atoms with E-state index in [1.54, 1.807) is 28.9 Å². The molecule has 0 aliphatic heterocycles. The summed E-state index contributed by atoms with van der Waals surface area (Å²) in [5.41, 5.74) is 3.67. The number of carbonyl (C=O) groups is 1. The van der Waals surface area contributed by atoms with Crippen LogP contribution in [-0.2, 0) is 5.75 Å². The minimum atomic E-state index is -0.465. The highest BCUT2D eigenvalue weighted by atomic mass is 32.2. The number of thioether (sulfide) groups is 1. The Kier molecular flexibility index (Phi) is 5.90. The van der Waals surface area contributed by atoms with Crippen LogP contribution in [0.2, 0.25) is 0 Å². The smallest absolute Gasteiger partial charge is 0.256 e. The van der Waals surface area contributed by atoms with Crippen molar-refractivity contribution in [2.45, 2.75) is 31.4 Å². The van der Waals surface area contributed by atoms with Gasteiger partial charge in [-0.3, -0.25) is 4.79 Å². The lowest BCUT2D eigenvalue weighted by Gasteiger charge is -2.11. The predicted molar refractivity (Wildman–Crippen MR) is 118 cm³/mol. The van der Waals surface area contributed by atoms with Gasteiger partial charge in [-0.05, 0) is 57.2 Å². The lowest BCUT2D eigenvalue weighted by molar-refractivity contribution is 0.102. The van der Waals surface area contributed by atoms with E-state index in [4.69, 9.17) is 4.52 Å². The molecule has 1 amide bonds. The first-order valence-corrected chi connectivity index (χ1v) is 10.7. The Balaban J connectivity index is 1.51. The summed E-state index contributed by atoms with van der Waals surface area (Å²) in [5, 5.41) is 11.0. The molecule has 31 heavy (non-hydrogen) atoms. The van der Waals surface area contributed by atoms with E-state index in [0.717, 1.165) is 27.7 Å². The molecular formula is C23H21FN4O2S. The molecule has 2 aromatic carbocycles. The zero-order chi connectivity index (χ0) is 22.0. The molecule has 0 radical (unpaired) electrons. The number of nitrogens with zero attached hydrogens (tertiary/aromatic N) is 3. The summed E-state index contributed by atoms with van der Waals surface area (Å²) in [6.07, 6.45) is 0. The minimum Gasteiger partial charge on any atom is -0.360 e. The Morgan fingerprint density at radius 2 is 1.90 bits per heavy atom. The number of anilines is 1. The van der Waals surface area contributed by atoms with Gasteiger partial charge in [-0.1, -0.05) is 17.3 Å². The number of carbonyl (C=O) groups excluding carboxylic acids is 1. The Hall–Kier alpha value is -3.39. The molecule has 0 fully saturated rings. The number of hydrogen-bond donors (Lipinski definition) is 1. The third kappa shape index (κ3) is 4.69. The highest BCUT2D eigenvalue weighted by Gasteiger charge is 2.15. The molecule has 158 valence electrons. The summed E-state index contributed by atoms with van der Waals surface area (Å²) >= 11 is 1.48. The average molecular weight is 437 g/mol. The van der Waals surface area contributed by atoms with Crippen LogP contribution >= 0.6 is 11.8 Å². The van der Waals surface area contributed by atoms with Crippen molar-refractivity contribution in [2.24, 2.45) is 0 Å². The third-order valence-corrected chi connectivity index (χ3v) is 5.72. The third-order valence-electron chi connectivity index (χ3n) is 4.62. The van der Waals surface area contributed by atoms with Crippen LogP contribution in [0.4, 0.5) is 10.1 Å². The second kappa shape index (κ2) is 8.77. The molecule has 1 N–H and O–H groups in total. The molecule has 2 heterocycles. The number of aromatic nitrogens is 3. The molecule has 0 unspecified atom stereocenters. The van der Waals surface area contributed by atoms with Crippen molar-refractivity contribution >= 4 is 23.4 Å². The first-order chi connectivity index (χ1) is 14.9. The fourth-order valence-corrected chi connectivity index (χ4v) is 4.17. The van der Waals surface area contributed by atoms with Crippen molar-refractivity contribution in [3.8, 4) is 5.69 Å². The number of halogens is 1. The van der Waals surface area contributed by atoms with Gasteiger partial charge in [-0.15, -0.1) is 11.8 Å². The minimum absolute atomic E-state index is 0.310. The van der Waals surface area contributed by atoms with Crippen molar-refractivity contribution in [3.05, 3.63) is 88.8 Å². The molecule has 4 aromatic rings. The Bertz CT molecular complexity index is 1250. The van der Waals surface area contributed by atoms with E-state index in [1.807, 2.05) is 45.0 Å². The molecule has 8 heteroatoms. The topological polar surface area (TPSA) is 73.0 Å². The second-order valence-electron chi connectivity index (χ2n) is 7.18. The summed E-state index contributed by atoms with van der Waals surface area (Å²) in [6, 6.07) is 15.6. The first-order valence-electron chi connectivity index (χ1n) is 9.69. The Labute approximate surface area is 183 Å². The van der Waals surface area contributed by atoms with Crippen molar-refractivity contribution < 1.29 is 13.7 Å². The van der Waals surface area contributed by atoms with E-state index in [-0.39, 0.29) is 5.91 Å². The SMILES string of the molecule is Cc1cc(CSc2ccccc2C(=O)Nc2ccc(-n3nc(C)cc3C)c(F)c2)on1. The highest BCUT2D eigenvalue weighted by molar-refractivity contribution is 7.98. The van der Waals surface area contributed by atoms with Crippen molar-refractivity contribution in [3.63, 3.8) is 0 Å². The van der Waals surface area contributed by atoms with Crippen molar-refractivity contribution in [1.29, 1.82) is 0 Å². The number of hydrogen-bond acceptors (Lipinski definition) is 5. The zero-order valence-electron chi connectivity index (χ0n) is 17.3. The van der Waals surface area contributed by atoms with Gasteiger partial charge >= 0.3 is 0 Å². The van der Waals surface area contributed by atoms with E-state index >= 15 is 0 Å². The summed E-state index contributed by atoms with van der Waals surface area (Å²) in [7, 11) is 0. The van der Waals surface area contributed by atoms with Crippen LogP contribution in [0.3, 0.4) is 0 Å². The van der Waals surface area contributed by atoms with E-state index in [9.17, 15) is 9.18 Å². The standard InChI is InChI=1S/C23H21FN4O2S/c1-14-10-16(3)28(26-14)21-9-8-17(12-20(21)24)25-23(29)19-6-4-5-7-22(19)31-13-18-11-15(2)27-30-18/h4-12H,13H2,1-3H3,(H,25,29). The highest BCUT2D eigenvalue weighted by Crippen LogP contribution is 2.28. The number of aryl methyl sites for hydroxylation is 3. The number of amides is 1. The van der Waals surface area contributed by atoms with Crippen LogP contribution in [0, 0.1) is 26.6 Å². The molecule has 6 nitrogen and oxygen atoms in total. The number of benzene rings is 2. The zero-order valence-corrected chi connectivity index (χ0v) is 18.2. The van der Waals surface area contributed by atoms with E-state index in [0.29, 0.717) is 22.7 Å². The van der Waals surface area contributed by atoms with Gasteiger partial charge in [-0.25, -0.2) is 9.07 Å². The van der Waals surface area contributed by atoms with Gasteiger partial charge in [0, 0.05) is 22.3 Å². The van der Waals surface area contributed by atoms with E-state index in [2.05, 4.69) is 15.6 Å². The van der Waals surface area contributed by atoms with Crippen LogP contribution in [0.15, 0.2) is 64.0 Å². The van der Waals surface area contributed by atoms with Crippen molar-refractivity contribution in [1.82, 2.24) is 14.9 Å². The lowest BCUT2D eigenvalue weighted by atomic mass is 10.2. The van der Waals surface area contributed by atoms with Crippen LogP contribution in [0.1, 0.15) is 33.2 Å². The Morgan fingerprint density at radius 3 is 2.58 bits per heavy atom. The van der Waals surface area contributed by atoms with Crippen LogP contribution in [0.5, 0.6) is 0 Å². The van der Waals surface area contributed by atoms with Gasteiger partial charge in [0.15, 0.2) is 5.82 Å². The van der Waals surface area contributed by atoms with E-state index in [1.165, 1.54) is 17.8 Å². The van der Waals surface area contributed by atoms with Crippen LogP contribution in [-0.4, -0.2) is 20.8 Å². The molecule has 0 aliphatic rings. The van der Waals surface area contributed by atoms with Gasteiger partial charge in [0.05, 0.1) is 22.7 Å². The molecule has 0 bridgehead atoms. The summed E-state index contributed by atoms with van der Waals surface area (Å²) in [5.74, 6) is 0.513. The normalized spacial score (nSPS) is 11.0. The quantitative estimate of drug-likeness (QED) is 0.406. The molecule has 0 atom stereocenters. The summed E-state index contributed by atoms with van der Waals surface area (Å²) in [4.78, 5) is 13.7. The molecule has 4 rings (SSSR count). The fourth-order valence-electron chi connectivity index (χ4n) is 3.24. The number of rotatable bonds is 6. The molecular weight excluding hydrogens is 415 g/mol. The van der Waals surface area contributed by atoms with Gasteiger partial charge in [-0.2, -0.15) is 5.10 Å². The molecule has 0 saturated carbocycles. The summed E-state index contributed by atoms with van der Waals surface area (Å²) < 4.78 is 21.5. The molecule has 0 saturated heterocycles. The van der Waals surface area contributed by atoms with Gasteiger partial charge < -0.3 is 9.84 Å². The van der Waals surface area contributed by atoms with Gasteiger partial charge in [0.2, 0.25) is 0 Å². The molecule has 2 aromatic heterocycles. The Morgan fingerprint density at radius 1 is 1.10 bits per heavy atom. The van der Waals surface area contributed by atoms with Crippen molar-refractivity contribution in [2.75, 3.05) is 5.32 Å². The van der Waals surface area contributed by atoms with E-state index < -0.39 is 5.82 Å². The fraction of sp³-hybridized carbons (Fsp3) is 0.174. The van der Waals surface area contributed by atoms with Gasteiger partial charge in [0.1, 0.15) is 11.4 Å². The maximum atomic E-state index is 14.7. The number of nitrogens with one attached hydrogen (secondary N) is 1. The largest absolute Gasteiger partial charge is 0.360 e. The average Bonchev–Trinajstić information content (AvgIpc) is 3.30.